The van der Waals surface area contributed by atoms with E-state index in [1.807, 2.05) is 36.4 Å². The Kier molecular flexibility index (Phi) is 5.64. The molecule has 0 aliphatic carbocycles. The number of halogens is 1. The molecule has 0 bridgehead atoms. The lowest BCUT2D eigenvalue weighted by atomic mass is 10.0. The van der Waals surface area contributed by atoms with Crippen LogP contribution in [0.5, 0.6) is 5.75 Å². The van der Waals surface area contributed by atoms with E-state index in [9.17, 15) is 4.79 Å². The summed E-state index contributed by atoms with van der Waals surface area (Å²) in [5.74, 6) is 0.273. The third-order valence-electron chi connectivity index (χ3n) is 2.91. The highest BCUT2D eigenvalue weighted by molar-refractivity contribution is 6.30. The quantitative estimate of drug-likeness (QED) is 0.760. The molecule has 0 unspecified atom stereocenters. The van der Waals surface area contributed by atoms with Crippen LogP contribution in [0, 0.1) is 0 Å². The zero-order chi connectivity index (χ0) is 15.1. The Morgan fingerprint density at radius 1 is 1.14 bits per heavy atom. The fourth-order valence-corrected chi connectivity index (χ4v) is 2.18. The lowest BCUT2D eigenvalue weighted by Gasteiger charge is -2.11. The van der Waals surface area contributed by atoms with Gasteiger partial charge in [-0.2, -0.15) is 0 Å². The second-order valence-corrected chi connectivity index (χ2v) is 4.94. The molecule has 2 rings (SSSR count). The van der Waals surface area contributed by atoms with Crippen molar-refractivity contribution in [3.05, 3.63) is 64.7 Å². The van der Waals surface area contributed by atoms with E-state index in [2.05, 4.69) is 0 Å². The van der Waals surface area contributed by atoms with Crippen LogP contribution in [0.2, 0.25) is 5.02 Å². The number of rotatable bonds is 6. The molecule has 0 fully saturated rings. The van der Waals surface area contributed by atoms with Crippen molar-refractivity contribution >= 4 is 17.6 Å². The van der Waals surface area contributed by atoms with E-state index in [1.165, 1.54) is 0 Å². The molecular formula is C17H17ClO3. The van der Waals surface area contributed by atoms with E-state index in [0.29, 0.717) is 23.8 Å². The van der Waals surface area contributed by atoms with Crippen LogP contribution in [0.15, 0.2) is 48.5 Å². The third-order valence-corrected chi connectivity index (χ3v) is 3.15. The van der Waals surface area contributed by atoms with E-state index >= 15 is 0 Å². The lowest BCUT2D eigenvalue weighted by Crippen LogP contribution is -2.15. The van der Waals surface area contributed by atoms with E-state index in [-0.39, 0.29) is 12.6 Å². The summed E-state index contributed by atoms with van der Waals surface area (Å²) >= 11 is 6.05. The van der Waals surface area contributed by atoms with Gasteiger partial charge in [0.15, 0.2) is 6.61 Å². The Morgan fingerprint density at radius 3 is 2.62 bits per heavy atom. The Morgan fingerprint density at radius 2 is 1.90 bits per heavy atom. The van der Waals surface area contributed by atoms with Gasteiger partial charge in [-0.3, -0.25) is 0 Å². The standard InChI is InChI=1S/C17H17ClO3/c1-2-20-17(19)12-21-16-9-8-15(18)11-14(16)10-13-6-4-3-5-7-13/h3-9,11H,2,10,12H2,1H3. The molecule has 0 aliphatic rings. The maximum absolute atomic E-state index is 11.4. The lowest BCUT2D eigenvalue weighted by molar-refractivity contribution is -0.145. The predicted octanol–water partition coefficient (Wildman–Crippen LogP) is 3.87. The first kappa shape index (κ1) is 15.4. The zero-order valence-corrected chi connectivity index (χ0v) is 12.6. The van der Waals surface area contributed by atoms with Crippen LogP contribution in [-0.4, -0.2) is 19.2 Å². The minimum Gasteiger partial charge on any atom is -0.482 e. The Balaban J connectivity index is 2.12. The van der Waals surface area contributed by atoms with Crippen molar-refractivity contribution in [3.63, 3.8) is 0 Å². The molecule has 110 valence electrons. The second-order valence-electron chi connectivity index (χ2n) is 4.51. The first-order chi connectivity index (χ1) is 10.2. The number of carbonyl (C=O) groups is 1. The van der Waals surface area contributed by atoms with Crippen LogP contribution in [0.1, 0.15) is 18.1 Å². The maximum atomic E-state index is 11.4. The van der Waals surface area contributed by atoms with Gasteiger partial charge in [-0.15, -0.1) is 0 Å². The van der Waals surface area contributed by atoms with Gasteiger partial charge in [0.25, 0.3) is 0 Å². The minimum atomic E-state index is -0.377. The zero-order valence-electron chi connectivity index (χ0n) is 11.8. The largest absolute Gasteiger partial charge is 0.482 e. The number of esters is 1. The maximum Gasteiger partial charge on any atom is 0.344 e. The van der Waals surface area contributed by atoms with Crippen molar-refractivity contribution in [2.45, 2.75) is 13.3 Å². The summed E-state index contributed by atoms with van der Waals surface area (Å²) in [7, 11) is 0. The Labute approximate surface area is 129 Å². The molecule has 0 heterocycles. The van der Waals surface area contributed by atoms with E-state index in [0.717, 1.165) is 11.1 Å². The summed E-state index contributed by atoms with van der Waals surface area (Å²) in [6.45, 7) is 2.01. The summed E-state index contributed by atoms with van der Waals surface area (Å²) in [5, 5.41) is 0.643. The molecule has 0 aromatic heterocycles. The van der Waals surface area contributed by atoms with Gasteiger partial charge in [-0.05, 0) is 36.2 Å². The number of hydrogen-bond donors (Lipinski definition) is 0. The molecule has 4 heteroatoms. The van der Waals surface area contributed by atoms with Crippen LogP contribution in [0.3, 0.4) is 0 Å². The Hall–Kier alpha value is -2.00. The molecule has 0 aliphatic heterocycles. The molecule has 0 amide bonds. The van der Waals surface area contributed by atoms with Gasteiger partial charge in [0.05, 0.1) is 6.61 Å². The van der Waals surface area contributed by atoms with Gasteiger partial charge >= 0.3 is 5.97 Å². The smallest absolute Gasteiger partial charge is 0.344 e. The summed E-state index contributed by atoms with van der Waals surface area (Å²) in [6, 6.07) is 15.4. The summed E-state index contributed by atoms with van der Waals surface area (Å²) < 4.78 is 10.4. The molecule has 0 atom stereocenters. The van der Waals surface area contributed by atoms with Crippen molar-refractivity contribution in [1.82, 2.24) is 0 Å². The topological polar surface area (TPSA) is 35.5 Å². The number of hydrogen-bond acceptors (Lipinski definition) is 3. The third kappa shape index (κ3) is 4.80. The van der Waals surface area contributed by atoms with Crippen LogP contribution < -0.4 is 4.74 Å². The summed E-state index contributed by atoms with van der Waals surface area (Å²) in [5.41, 5.74) is 2.10. The Bertz CT molecular complexity index is 596. The minimum absolute atomic E-state index is 0.0999. The molecule has 0 spiro atoms. The van der Waals surface area contributed by atoms with Crippen molar-refractivity contribution in [1.29, 1.82) is 0 Å². The molecule has 21 heavy (non-hydrogen) atoms. The number of benzene rings is 2. The van der Waals surface area contributed by atoms with Gasteiger partial charge in [-0.1, -0.05) is 41.9 Å². The molecule has 0 N–H and O–H groups in total. The molecule has 3 nitrogen and oxygen atoms in total. The molecule has 0 saturated carbocycles. The number of carbonyl (C=O) groups excluding carboxylic acids is 1. The predicted molar refractivity (Wildman–Crippen MR) is 82.8 cm³/mol. The molecule has 0 radical (unpaired) electrons. The van der Waals surface area contributed by atoms with Gasteiger partial charge < -0.3 is 9.47 Å². The second kappa shape index (κ2) is 7.70. The van der Waals surface area contributed by atoms with E-state index in [1.54, 1.807) is 19.1 Å². The SMILES string of the molecule is CCOC(=O)COc1ccc(Cl)cc1Cc1ccccc1. The van der Waals surface area contributed by atoms with Crippen LogP contribution in [-0.2, 0) is 16.0 Å². The average Bonchev–Trinajstić information content (AvgIpc) is 2.48. The van der Waals surface area contributed by atoms with Crippen molar-refractivity contribution < 1.29 is 14.3 Å². The van der Waals surface area contributed by atoms with Gasteiger partial charge in [0.1, 0.15) is 5.75 Å². The van der Waals surface area contributed by atoms with Crippen LogP contribution in [0.25, 0.3) is 0 Å². The number of ether oxygens (including phenoxy) is 2. The summed E-state index contributed by atoms with van der Waals surface area (Å²) in [4.78, 5) is 11.4. The van der Waals surface area contributed by atoms with Gasteiger partial charge in [0, 0.05) is 11.4 Å². The molecular weight excluding hydrogens is 288 g/mol. The van der Waals surface area contributed by atoms with Crippen molar-refractivity contribution in [2.24, 2.45) is 0 Å². The normalized spacial score (nSPS) is 10.2. The monoisotopic (exact) mass is 304 g/mol. The van der Waals surface area contributed by atoms with Crippen LogP contribution in [0.4, 0.5) is 0 Å². The van der Waals surface area contributed by atoms with E-state index in [4.69, 9.17) is 21.1 Å². The molecule has 2 aromatic carbocycles. The highest BCUT2D eigenvalue weighted by atomic mass is 35.5. The fraction of sp³-hybridized carbons (Fsp3) is 0.235. The van der Waals surface area contributed by atoms with Gasteiger partial charge in [-0.25, -0.2) is 4.79 Å². The van der Waals surface area contributed by atoms with Gasteiger partial charge in [0.2, 0.25) is 0 Å². The van der Waals surface area contributed by atoms with Crippen LogP contribution >= 0.6 is 11.6 Å². The highest BCUT2D eigenvalue weighted by Crippen LogP contribution is 2.25. The fourth-order valence-electron chi connectivity index (χ4n) is 1.98. The molecule has 0 saturated heterocycles. The summed E-state index contributed by atoms with van der Waals surface area (Å²) in [6.07, 6.45) is 0.694. The van der Waals surface area contributed by atoms with Crippen molar-refractivity contribution in [3.8, 4) is 5.75 Å². The van der Waals surface area contributed by atoms with E-state index < -0.39 is 0 Å². The highest BCUT2D eigenvalue weighted by Gasteiger charge is 2.09. The molecule has 2 aromatic rings. The average molecular weight is 305 g/mol. The first-order valence-electron chi connectivity index (χ1n) is 6.80. The van der Waals surface area contributed by atoms with Crippen molar-refractivity contribution in [2.75, 3.05) is 13.2 Å². The first-order valence-corrected chi connectivity index (χ1v) is 7.17.